The number of aliphatic imine (C=N–C) groups is 1. The number of hydrogen-bond acceptors (Lipinski definition) is 4. The fraction of sp³-hybridized carbons (Fsp3) is 0.227. The SMILES string of the molecule is Cc1ccc(-n2cnc(/N=C/N3CCOCC3)c2C(=O)c2ccccc2)cc1. The van der Waals surface area contributed by atoms with Crippen LogP contribution in [0.1, 0.15) is 21.6 Å². The molecular formula is C22H22N4O2. The van der Waals surface area contributed by atoms with Crippen LogP contribution in [0.4, 0.5) is 5.82 Å². The first-order valence-electron chi connectivity index (χ1n) is 9.32. The molecule has 1 aromatic heterocycles. The fourth-order valence-corrected chi connectivity index (χ4v) is 3.10. The molecule has 1 saturated heterocycles. The summed E-state index contributed by atoms with van der Waals surface area (Å²) in [6.07, 6.45) is 3.42. The Bertz CT molecular complexity index is 972. The molecule has 142 valence electrons. The van der Waals surface area contributed by atoms with Crippen LogP contribution in [0.5, 0.6) is 0 Å². The number of benzene rings is 2. The summed E-state index contributed by atoms with van der Waals surface area (Å²) in [6, 6.07) is 17.2. The van der Waals surface area contributed by atoms with Crippen LogP contribution in [0, 0.1) is 6.92 Å². The van der Waals surface area contributed by atoms with Gasteiger partial charge in [0.15, 0.2) is 5.82 Å². The molecule has 1 aliphatic rings. The number of ether oxygens (including phenoxy) is 1. The molecule has 0 bridgehead atoms. The highest BCUT2D eigenvalue weighted by atomic mass is 16.5. The number of carbonyl (C=O) groups excluding carboxylic acids is 1. The first-order valence-corrected chi connectivity index (χ1v) is 9.32. The number of morpholine rings is 1. The van der Waals surface area contributed by atoms with Crippen molar-refractivity contribution < 1.29 is 9.53 Å². The van der Waals surface area contributed by atoms with E-state index in [9.17, 15) is 4.79 Å². The van der Waals surface area contributed by atoms with Gasteiger partial charge in [-0.25, -0.2) is 9.98 Å². The van der Waals surface area contributed by atoms with Gasteiger partial charge in [0.2, 0.25) is 5.78 Å². The molecule has 28 heavy (non-hydrogen) atoms. The largest absolute Gasteiger partial charge is 0.378 e. The number of hydrogen-bond donors (Lipinski definition) is 0. The number of imidazole rings is 1. The van der Waals surface area contributed by atoms with E-state index in [-0.39, 0.29) is 5.78 Å². The zero-order valence-corrected chi connectivity index (χ0v) is 15.8. The second-order valence-electron chi connectivity index (χ2n) is 6.71. The van der Waals surface area contributed by atoms with Crippen LogP contribution in [-0.4, -0.2) is 52.9 Å². The van der Waals surface area contributed by atoms with Gasteiger partial charge < -0.3 is 9.64 Å². The molecule has 3 aromatic rings. The fourth-order valence-electron chi connectivity index (χ4n) is 3.10. The van der Waals surface area contributed by atoms with Gasteiger partial charge in [0, 0.05) is 24.3 Å². The topological polar surface area (TPSA) is 59.7 Å². The molecule has 2 aromatic carbocycles. The Morgan fingerprint density at radius 3 is 2.50 bits per heavy atom. The van der Waals surface area contributed by atoms with Crippen molar-refractivity contribution in [2.75, 3.05) is 26.3 Å². The summed E-state index contributed by atoms with van der Waals surface area (Å²) in [6.45, 7) is 4.96. The molecule has 4 rings (SSSR count). The molecule has 6 heteroatoms. The van der Waals surface area contributed by atoms with Gasteiger partial charge in [0.25, 0.3) is 0 Å². The maximum absolute atomic E-state index is 13.3. The van der Waals surface area contributed by atoms with Crippen LogP contribution in [0.15, 0.2) is 65.9 Å². The third-order valence-electron chi connectivity index (χ3n) is 4.70. The maximum Gasteiger partial charge on any atom is 0.213 e. The van der Waals surface area contributed by atoms with E-state index in [2.05, 4.69) is 14.9 Å². The van der Waals surface area contributed by atoms with Crippen molar-refractivity contribution >= 4 is 17.9 Å². The standard InChI is InChI=1S/C22H22N4O2/c1-17-7-9-19(10-8-17)26-16-24-22(23-15-25-11-13-28-14-12-25)20(26)21(27)18-5-3-2-4-6-18/h2-10,15-16H,11-14H2,1H3/b23-15+. The van der Waals surface area contributed by atoms with Crippen LogP contribution < -0.4 is 0 Å². The highest BCUT2D eigenvalue weighted by Crippen LogP contribution is 2.24. The first-order chi connectivity index (χ1) is 13.7. The summed E-state index contributed by atoms with van der Waals surface area (Å²) < 4.78 is 7.17. The Kier molecular flexibility index (Phi) is 5.30. The molecule has 1 fully saturated rings. The van der Waals surface area contributed by atoms with E-state index in [1.54, 1.807) is 17.2 Å². The Labute approximate surface area is 164 Å². The van der Waals surface area contributed by atoms with E-state index in [1.807, 2.05) is 61.5 Å². The van der Waals surface area contributed by atoms with Crippen molar-refractivity contribution in [1.82, 2.24) is 14.5 Å². The van der Waals surface area contributed by atoms with Gasteiger partial charge in [0.05, 0.1) is 19.6 Å². The van der Waals surface area contributed by atoms with E-state index in [1.165, 1.54) is 0 Å². The highest BCUT2D eigenvalue weighted by molar-refractivity contribution is 6.11. The Morgan fingerprint density at radius 2 is 1.79 bits per heavy atom. The molecule has 0 aliphatic carbocycles. The lowest BCUT2D eigenvalue weighted by Crippen LogP contribution is -2.35. The number of rotatable bonds is 5. The van der Waals surface area contributed by atoms with E-state index in [0.717, 1.165) is 24.3 Å². The minimum atomic E-state index is -0.104. The summed E-state index contributed by atoms with van der Waals surface area (Å²) in [5, 5.41) is 0. The minimum absolute atomic E-state index is 0.104. The van der Waals surface area contributed by atoms with Crippen LogP contribution in [0.2, 0.25) is 0 Å². The average Bonchev–Trinajstić information content (AvgIpc) is 3.17. The second kappa shape index (κ2) is 8.19. The van der Waals surface area contributed by atoms with Gasteiger partial charge in [-0.15, -0.1) is 0 Å². The van der Waals surface area contributed by atoms with Crippen molar-refractivity contribution in [3.05, 3.63) is 77.7 Å². The van der Waals surface area contributed by atoms with Gasteiger partial charge in [0.1, 0.15) is 12.0 Å². The van der Waals surface area contributed by atoms with Gasteiger partial charge in [-0.2, -0.15) is 0 Å². The van der Waals surface area contributed by atoms with Crippen molar-refractivity contribution in [1.29, 1.82) is 0 Å². The highest BCUT2D eigenvalue weighted by Gasteiger charge is 2.21. The molecule has 1 aliphatic heterocycles. The van der Waals surface area contributed by atoms with E-state index < -0.39 is 0 Å². The third kappa shape index (κ3) is 3.87. The molecule has 0 amide bonds. The molecule has 6 nitrogen and oxygen atoms in total. The van der Waals surface area contributed by atoms with Crippen LogP contribution >= 0.6 is 0 Å². The lowest BCUT2D eigenvalue weighted by molar-refractivity contribution is 0.0701. The van der Waals surface area contributed by atoms with Crippen molar-refractivity contribution in [3.63, 3.8) is 0 Å². The van der Waals surface area contributed by atoms with E-state index >= 15 is 0 Å². The summed E-state index contributed by atoms with van der Waals surface area (Å²) in [4.78, 5) is 24.3. The molecule has 2 heterocycles. The maximum atomic E-state index is 13.3. The quantitative estimate of drug-likeness (QED) is 0.390. The third-order valence-corrected chi connectivity index (χ3v) is 4.70. The number of ketones is 1. The summed E-state index contributed by atoms with van der Waals surface area (Å²) in [5.41, 5.74) is 3.11. The van der Waals surface area contributed by atoms with Gasteiger partial charge in [-0.1, -0.05) is 48.0 Å². The summed E-state index contributed by atoms with van der Waals surface area (Å²) >= 11 is 0. The number of aromatic nitrogens is 2. The molecule has 0 atom stereocenters. The Hall–Kier alpha value is -3.25. The van der Waals surface area contributed by atoms with Gasteiger partial charge in [-0.05, 0) is 19.1 Å². The molecule has 0 saturated carbocycles. The molecule has 0 spiro atoms. The normalized spacial score (nSPS) is 14.5. The lowest BCUT2D eigenvalue weighted by atomic mass is 10.1. The lowest BCUT2D eigenvalue weighted by Gasteiger charge is -2.23. The van der Waals surface area contributed by atoms with Crippen LogP contribution in [0.3, 0.4) is 0 Å². The van der Waals surface area contributed by atoms with E-state index in [0.29, 0.717) is 30.3 Å². The van der Waals surface area contributed by atoms with Crippen LogP contribution in [-0.2, 0) is 4.74 Å². The number of aryl methyl sites for hydroxylation is 1. The molecule has 0 N–H and O–H groups in total. The Balaban J connectivity index is 1.74. The molecule has 0 unspecified atom stereocenters. The van der Waals surface area contributed by atoms with Gasteiger partial charge >= 0.3 is 0 Å². The molecular weight excluding hydrogens is 352 g/mol. The second-order valence-corrected chi connectivity index (χ2v) is 6.71. The minimum Gasteiger partial charge on any atom is -0.378 e. The van der Waals surface area contributed by atoms with Crippen molar-refractivity contribution in [2.24, 2.45) is 4.99 Å². The Morgan fingerprint density at radius 1 is 1.07 bits per heavy atom. The van der Waals surface area contributed by atoms with Crippen LogP contribution in [0.25, 0.3) is 5.69 Å². The van der Waals surface area contributed by atoms with E-state index in [4.69, 9.17) is 4.74 Å². The van der Waals surface area contributed by atoms with Gasteiger partial charge in [-0.3, -0.25) is 9.36 Å². The number of carbonyl (C=O) groups is 1. The zero-order valence-electron chi connectivity index (χ0n) is 15.8. The summed E-state index contributed by atoms with van der Waals surface area (Å²) in [7, 11) is 0. The smallest absolute Gasteiger partial charge is 0.213 e. The molecule has 0 radical (unpaired) electrons. The first kappa shape index (κ1) is 18.1. The van der Waals surface area contributed by atoms with Crippen molar-refractivity contribution in [2.45, 2.75) is 6.92 Å². The average molecular weight is 374 g/mol. The zero-order chi connectivity index (χ0) is 19.3. The predicted molar refractivity (Wildman–Crippen MR) is 109 cm³/mol. The predicted octanol–water partition coefficient (Wildman–Crippen LogP) is 3.40. The van der Waals surface area contributed by atoms with Crippen molar-refractivity contribution in [3.8, 4) is 5.69 Å². The summed E-state index contributed by atoms with van der Waals surface area (Å²) in [5.74, 6) is 0.314. The number of nitrogens with zero attached hydrogens (tertiary/aromatic N) is 4. The monoisotopic (exact) mass is 374 g/mol.